The van der Waals surface area contributed by atoms with Crippen molar-refractivity contribution in [2.24, 2.45) is 0 Å². The van der Waals surface area contributed by atoms with E-state index >= 15 is 0 Å². The Kier molecular flexibility index (Phi) is 4.88. The smallest absolute Gasteiger partial charge is 0.170 e. The van der Waals surface area contributed by atoms with Crippen molar-refractivity contribution in [1.82, 2.24) is 10.6 Å². The van der Waals surface area contributed by atoms with Gasteiger partial charge < -0.3 is 15.7 Å². The monoisotopic (exact) mass is 160 g/mol. The van der Waals surface area contributed by atoms with E-state index in [-0.39, 0.29) is 6.61 Å². The molecular formula is C6H12N2OS. The number of aliphatic hydroxyl groups excluding tert-OH is 1. The molecule has 0 rings (SSSR count). The van der Waals surface area contributed by atoms with Crippen molar-refractivity contribution >= 4 is 17.3 Å². The molecule has 3 N–H and O–H groups in total. The van der Waals surface area contributed by atoms with Crippen molar-refractivity contribution in [3.63, 3.8) is 0 Å². The van der Waals surface area contributed by atoms with E-state index in [0.29, 0.717) is 11.7 Å². The molecule has 0 heterocycles. The van der Waals surface area contributed by atoms with Gasteiger partial charge in [-0.1, -0.05) is 6.58 Å². The molecule has 0 bridgehead atoms. The summed E-state index contributed by atoms with van der Waals surface area (Å²) in [5, 5.41) is 14.4. The maximum atomic E-state index is 8.38. The lowest BCUT2D eigenvalue weighted by Gasteiger charge is -2.07. The molecule has 0 spiro atoms. The van der Waals surface area contributed by atoms with Gasteiger partial charge in [0.15, 0.2) is 5.11 Å². The first-order valence-corrected chi connectivity index (χ1v) is 3.39. The van der Waals surface area contributed by atoms with Crippen molar-refractivity contribution < 1.29 is 5.11 Å². The Morgan fingerprint density at radius 3 is 2.70 bits per heavy atom. The number of allylic oxidation sites excluding steroid dienone is 1. The summed E-state index contributed by atoms with van der Waals surface area (Å²) in [4.78, 5) is 0. The third kappa shape index (κ3) is 5.53. The maximum Gasteiger partial charge on any atom is 0.170 e. The molecule has 0 atom stereocenters. The van der Waals surface area contributed by atoms with Gasteiger partial charge >= 0.3 is 0 Å². The molecule has 0 saturated heterocycles. The first-order chi connectivity index (χ1) is 4.66. The highest BCUT2D eigenvalue weighted by molar-refractivity contribution is 7.80. The minimum atomic E-state index is 0.0814. The molecule has 58 valence electrons. The summed E-state index contributed by atoms with van der Waals surface area (Å²) in [7, 11) is 0. The Labute approximate surface area is 66.1 Å². The topological polar surface area (TPSA) is 44.3 Å². The molecule has 3 nitrogen and oxygen atoms in total. The number of thiocarbonyl (C=S) groups is 1. The van der Waals surface area contributed by atoms with Crippen LogP contribution in [0, 0.1) is 0 Å². The fourth-order valence-electron chi connectivity index (χ4n) is 0.407. The number of hydrogen-bond donors (Lipinski definition) is 3. The van der Waals surface area contributed by atoms with Crippen LogP contribution in [0.15, 0.2) is 12.3 Å². The second-order valence-corrected chi connectivity index (χ2v) is 2.29. The molecule has 0 unspecified atom stereocenters. The van der Waals surface area contributed by atoms with Crippen LogP contribution in [0.4, 0.5) is 0 Å². The molecule has 0 aliphatic rings. The highest BCUT2D eigenvalue weighted by atomic mass is 32.1. The molecule has 0 aromatic carbocycles. The van der Waals surface area contributed by atoms with E-state index < -0.39 is 0 Å². The molecule has 0 fully saturated rings. The van der Waals surface area contributed by atoms with E-state index in [1.807, 2.05) is 6.92 Å². The lowest BCUT2D eigenvalue weighted by atomic mass is 10.6. The molecule has 0 radical (unpaired) electrons. The molecule has 0 aromatic rings. The summed E-state index contributed by atoms with van der Waals surface area (Å²) >= 11 is 4.80. The summed E-state index contributed by atoms with van der Waals surface area (Å²) in [6, 6.07) is 0. The van der Waals surface area contributed by atoms with Gasteiger partial charge in [-0.05, 0) is 19.1 Å². The van der Waals surface area contributed by atoms with Crippen LogP contribution in [-0.4, -0.2) is 23.4 Å². The largest absolute Gasteiger partial charge is 0.395 e. The van der Waals surface area contributed by atoms with E-state index in [4.69, 9.17) is 17.3 Å². The summed E-state index contributed by atoms with van der Waals surface area (Å²) in [6.07, 6.45) is 0. The standard InChI is InChI=1S/C6H12N2OS/c1-5(2)8-6(10)7-3-4-9/h9H,1,3-4H2,2H3,(H2,7,8,10). The first kappa shape index (κ1) is 9.39. The normalized spacial score (nSPS) is 8.60. The summed E-state index contributed by atoms with van der Waals surface area (Å²) in [5.74, 6) is 0. The maximum absolute atomic E-state index is 8.38. The molecule has 0 saturated carbocycles. The highest BCUT2D eigenvalue weighted by Crippen LogP contribution is 1.77. The average Bonchev–Trinajstić information content (AvgIpc) is 1.82. The third-order valence-corrected chi connectivity index (χ3v) is 0.971. The molecule has 10 heavy (non-hydrogen) atoms. The van der Waals surface area contributed by atoms with Gasteiger partial charge in [0.1, 0.15) is 0 Å². The quantitative estimate of drug-likeness (QED) is 0.508. The molecule has 0 amide bonds. The molecule has 4 heteroatoms. The average molecular weight is 160 g/mol. The highest BCUT2D eigenvalue weighted by Gasteiger charge is 1.90. The van der Waals surface area contributed by atoms with Gasteiger partial charge in [-0.3, -0.25) is 0 Å². The number of rotatable bonds is 3. The van der Waals surface area contributed by atoms with Crippen LogP contribution in [0.1, 0.15) is 6.92 Å². The van der Waals surface area contributed by atoms with Gasteiger partial charge in [0, 0.05) is 12.2 Å². The van der Waals surface area contributed by atoms with Crippen LogP contribution in [0.25, 0.3) is 0 Å². The summed E-state index contributed by atoms with van der Waals surface area (Å²) < 4.78 is 0. The van der Waals surface area contributed by atoms with E-state index in [0.717, 1.165) is 5.70 Å². The van der Waals surface area contributed by atoms with Crippen LogP contribution >= 0.6 is 12.2 Å². The second kappa shape index (κ2) is 5.20. The summed E-state index contributed by atoms with van der Waals surface area (Å²) in [5.41, 5.74) is 0.787. The Morgan fingerprint density at radius 1 is 1.70 bits per heavy atom. The van der Waals surface area contributed by atoms with Gasteiger partial charge in [0.2, 0.25) is 0 Å². The Bertz CT molecular complexity index is 136. The SMILES string of the molecule is C=C(C)NC(=S)NCCO. The second-order valence-electron chi connectivity index (χ2n) is 1.88. The first-order valence-electron chi connectivity index (χ1n) is 2.98. The lowest BCUT2D eigenvalue weighted by Crippen LogP contribution is -2.35. The minimum absolute atomic E-state index is 0.0814. The predicted octanol–water partition coefficient (Wildman–Crippen LogP) is -0.0236. The summed E-state index contributed by atoms with van der Waals surface area (Å²) in [6.45, 7) is 5.97. The zero-order valence-electron chi connectivity index (χ0n) is 5.98. The van der Waals surface area contributed by atoms with E-state index in [9.17, 15) is 0 Å². The van der Waals surface area contributed by atoms with Gasteiger partial charge in [-0.15, -0.1) is 0 Å². The molecule has 0 aliphatic carbocycles. The van der Waals surface area contributed by atoms with Crippen molar-refractivity contribution in [1.29, 1.82) is 0 Å². The van der Waals surface area contributed by atoms with Gasteiger partial charge in [-0.2, -0.15) is 0 Å². The molecule has 0 aliphatic heterocycles. The number of nitrogens with one attached hydrogen (secondary N) is 2. The Hall–Kier alpha value is -0.610. The Morgan fingerprint density at radius 2 is 2.30 bits per heavy atom. The fourth-order valence-corrected chi connectivity index (χ4v) is 0.684. The number of aliphatic hydroxyl groups is 1. The molecule has 0 aromatic heterocycles. The van der Waals surface area contributed by atoms with Crippen LogP contribution in [-0.2, 0) is 0 Å². The van der Waals surface area contributed by atoms with Crippen LogP contribution in [0.3, 0.4) is 0 Å². The van der Waals surface area contributed by atoms with Gasteiger partial charge in [-0.25, -0.2) is 0 Å². The van der Waals surface area contributed by atoms with Crippen molar-refractivity contribution in [2.75, 3.05) is 13.2 Å². The third-order valence-electron chi connectivity index (χ3n) is 0.724. The Balaban J connectivity index is 3.35. The van der Waals surface area contributed by atoms with Crippen LogP contribution in [0.5, 0.6) is 0 Å². The predicted molar refractivity (Wildman–Crippen MR) is 45.6 cm³/mol. The van der Waals surface area contributed by atoms with Crippen LogP contribution in [0.2, 0.25) is 0 Å². The van der Waals surface area contributed by atoms with Gasteiger partial charge in [0.25, 0.3) is 0 Å². The van der Waals surface area contributed by atoms with Crippen molar-refractivity contribution in [3.8, 4) is 0 Å². The number of hydrogen-bond acceptors (Lipinski definition) is 2. The lowest BCUT2D eigenvalue weighted by molar-refractivity contribution is 0.300. The van der Waals surface area contributed by atoms with E-state index in [1.165, 1.54) is 0 Å². The van der Waals surface area contributed by atoms with Gasteiger partial charge in [0.05, 0.1) is 6.61 Å². The van der Waals surface area contributed by atoms with E-state index in [2.05, 4.69) is 17.2 Å². The van der Waals surface area contributed by atoms with Crippen LogP contribution < -0.4 is 10.6 Å². The fraction of sp³-hybridized carbons (Fsp3) is 0.500. The minimum Gasteiger partial charge on any atom is -0.395 e. The zero-order valence-corrected chi connectivity index (χ0v) is 6.79. The molecular weight excluding hydrogens is 148 g/mol. The zero-order chi connectivity index (χ0) is 7.98. The van der Waals surface area contributed by atoms with Crippen molar-refractivity contribution in [3.05, 3.63) is 12.3 Å². The van der Waals surface area contributed by atoms with Crippen molar-refractivity contribution in [2.45, 2.75) is 6.92 Å². The van der Waals surface area contributed by atoms with E-state index in [1.54, 1.807) is 0 Å².